The molecule has 0 aromatic heterocycles. The summed E-state index contributed by atoms with van der Waals surface area (Å²) in [5, 5.41) is 2.61. The maximum absolute atomic E-state index is 12.7. The Morgan fingerprint density at radius 1 is 1.08 bits per heavy atom. The second kappa shape index (κ2) is 6.23. The van der Waals surface area contributed by atoms with Crippen LogP contribution in [0.5, 0.6) is 11.5 Å². The number of rotatable bonds is 5. The van der Waals surface area contributed by atoms with Crippen LogP contribution in [0.25, 0.3) is 0 Å². The van der Waals surface area contributed by atoms with Gasteiger partial charge in [0, 0.05) is 6.42 Å². The highest BCUT2D eigenvalue weighted by molar-refractivity contribution is 6.07. The quantitative estimate of drug-likeness (QED) is 0.874. The molecule has 1 amide bonds. The average Bonchev–Trinajstić information content (AvgIpc) is 2.89. The number of carbonyl (C=O) groups is 1. The normalized spacial score (nSPS) is 19.6. The number of ether oxygens (including phenoxy) is 2. The summed E-state index contributed by atoms with van der Waals surface area (Å²) in [6.45, 7) is 0. The van der Waals surface area contributed by atoms with Gasteiger partial charge in [-0.05, 0) is 35.4 Å². The topological polar surface area (TPSA) is 85.9 Å². The number of hydrogen-bond acceptors (Lipinski definition) is 5. The lowest BCUT2D eigenvalue weighted by molar-refractivity contribution is -0.124. The van der Waals surface area contributed by atoms with Crippen LogP contribution in [0.2, 0.25) is 0 Å². The largest absolute Gasteiger partial charge is 0.497 e. The van der Waals surface area contributed by atoms with E-state index in [0.29, 0.717) is 12.2 Å². The summed E-state index contributed by atoms with van der Waals surface area (Å²) in [5.41, 5.74) is 6.31. The van der Waals surface area contributed by atoms with Crippen LogP contribution in [-0.2, 0) is 16.8 Å². The summed E-state index contributed by atoms with van der Waals surface area (Å²) in [7, 11) is 3.19. The van der Waals surface area contributed by atoms with Gasteiger partial charge in [-0.15, -0.1) is 0 Å². The molecular formula is C18H19N3O3. The molecule has 3 N–H and O–H groups in total. The standard InChI is InChI=1S/C18H19N3O3/c1-23-14-7-3-5-12(9-14)11-18(16(22)20-17(19)21-18)13-6-4-8-15(10-13)24-2/h3-10H,11H2,1-2H3,(H3,19,20,21,22)/t18-/m0/s1. The van der Waals surface area contributed by atoms with Gasteiger partial charge in [-0.25, -0.2) is 4.99 Å². The molecule has 6 nitrogen and oxygen atoms in total. The molecule has 1 aliphatic heterocycles. The van der Waals surface area contributed by atoms with E-state index in [1.807, 2.05) is 48.5 Å². The summed E-state index contributed by atoms with van der Waals surface area (Å²) in [6, 6.07) is 14.9. The number of benzene rings is 2. The van der Waals surface area contributed by atoms with E-state index < -0.39 is 5.54 Å². The van der Waals surface area contributed by atoms with Crippen LogP contribution < -0.4 is 20.5 Å². The van der Waals surface area contributed by atoms with Crippen LogP contribution in [0, 0.1) is 0 Å². The Kier molecular flexibility index (Phi) is 4.12. The molecule has 3 rings (SSSR count). The first-order chi connectivity index (χ1) is 11.6. The van der Waals surface area contributed by atoms with Crippen LogP contribution in [0.1, 0.15) is 11.1 Å². The highest BCUT2D eigenvalue weighted by Gasteiger charge is 2.45. The van der Waals surface area contributed by atoms with Gasteiger partial charge >= 0.3 is 0 Å². The van der Waals surface area contributed by atoms with Gasteiger partial charge in [-0.2, -0.15) is 0 Å². The molecule has 0 radical (unpaired) electrons. The molecule has 0 fully saturated rings. The summed E-state index contributed by atoms with van der Waals surface area (Å²) in [4.78, 5) is 17.1. The van der Waals surface area contributed by atoms with Crippen molar-refractivity contribution in [3.05, 3.63) is 59.7 Å². The lowest BCUT2D eigenvalue weighted by atomic mass is 9.84. The fourth-order valence-electron chi connectivity index (χ4n) is 2.88. The third kappa shape index (κ3) is 2.78. The minimum Gasteiger partial charge on any atom is -0.497 e. The number of aliphatic imine (C=N–C) groups is 1. The van der Waals surface area contributed by atoms with Gasteiger partial charge < -0.3 is 15.2 Å². The molecule has 24 heavy (non-hydrogen) atoms. The second-order valence-electron chi connectivity index (χ2n) is 5.57. The minimum absolute atomic E-state index is 0.116. The molecule has 2 aromatic rings. The van der Waals surface area contributed by atoms with Crippen molar-refractivity contribution in [2.24, 2.45) is 10.7 Å². The molecule has 0 saturated carbocycles. The molecule has 0 saturated heterocycles. The van der Waals surface area contributed by atoms with Crippen molar-refractivity contribution in [1.82, 2.24) is 5.32 Å². The van der Waals surface area contributed by atoms with Gasteiger partial charge in [0.25, 0.3) is 5.91 Å². The zero-order chi connectivity index (χ0) is 17.2. The molecule has 1 aliphatic rings. The molecule has 0 bridgehead atoms. The Balaban J connectivity index is 2.08. The zero-order valence-corrected chi connectivity index (χ0v) is 13.6. The number of nitrogens with two attached hydrogens (primary N) is 1. The first-order valence-corrected chi connectivity index (χ1v) is 7.51. The van der Waals surface area contributed by atoms with Crippen molar-refractivity contribution in [3.8, 4) is 11.5 Å². The zero-order valence-electron chi connectivity index (χ0n) is 13.6. The SMILES string of the molecule is COc1cccc(C[C@@]2(c3cccc(OC)c3)N=C(N)NC2=O)c1. The first-order valence-electron chi connectivity index (χ1n) is 7.51. The summed E-state index contributed by atoms with van der Waals surface area (Å²) < 4.78 is 10.5. The Labute approximate surface area is 140 Å². The Hall–Kier alpha value is -3.02. The van der Waals surface area contributed by atoms with E-state index in [-0.39, 0.29) is 11.9 Å². The highest BCUT2D eigenvalue weighted by atomic mass is 16.5. The van der Waals surface area contributed by atoms with Crippen molar-refractivity contribution >= 4 is 11.9 Å². The number of carbonyl (C=O) groups excluding carboxylic acids is 1. The number of nitrogens with one attached hydrogen (secondary N) is 1. The predicted molar refractivity (Wildman–Crippen MR) is 91.1 cm³/mol. The van der Waals surface area contributed by atoms with Crippen molar-refractivity contribution in [1.29, 1.82) is 0 Å². The number of guanidine groups is 1. The third-order valence-electron chi connectivity index (χ3n) is 4.07. The summed E-state index contributed by atoms with van der Waals surface area (Å²) >= 11 is 0. The van der Waals surface area contributed by atoms with Crippen LogP contribution in [0.4, 0.5) is 0 Å². The fourth-order valence-corrected chi connectivity index (χ4v) is 2.88. The van der Waals surface area contributed by atoms with Crippen molar-refractivity contribution in [3.63, 3.8) is 0 Å². The molecule has 2 aromatic carbocycles. The van der Waals surface area contributed by atoms with Gasteiger partial charge in [-0.3, -0.25) is 10.1 Å². The van der Waals surface area contributed by atoms with Crippen LogP contribution in [0.15, 0.2) is 53.5 Å². The smallest absolute Gasteiger partial charge is 0.259 e. The molecule has 6 heteroatoms. The van der Waals surface area contributed by atoms with Gasteiger partial charge in [0.2, 0.25) is 0 Å². The number of methoxy groups -OCH3 is 2. The van der Waals surface area contributed by atoms with E-state index in [4.69, 9.17) is 15.2 Å². The Morgan fingerprint density at radius 2 is 1.75 bits per heavy atom. The Morgan fingerprint density at radius 3 is 2.38 bits per heavy atom. The predicted octanol–water partition coefficient (Wildman–Crippen LogP) is 1.59. The van der Waals surface area contributed by atoms with Crippen molar-refractivity contribution < 1.29 is 14.3 Å². The first kappa shape index (κ1) is 15.9. The summed E-state index contributed by atoms with van der Waals surface area (Å²) in [5.74, 6) is 1.25. The lowest BCUT2D eigenvalue weighted by Crippen LogP contribution is -2.40. The fraction of sp³-hybridized carbons (Fsp3) is 0.222. The maximum atomic E-state index is 12.7. The van der Waals surface area contributed by atoms with Crippen LogP contribution >= 0.6 is 0 Å². The molecule has 0 unspecified atom stereocenters. The second-order valence-corrected chi connectivity index (χ2v) is 5.57. The van der Waals surface area contributed by atoms with Gasteiger partial charge in [0.15, 0.2) is 11.5 Å². The average molecular weight is 325 g/mol. The van der Waals surface area contributed by atoms with E-state index in [1.165, 1.54) is 0 Å². The van der Waals surface area contributed by atoms with Crippen molar-refractivity contribution in [2.45, 2.75) is 12.0 Å². The van der Waals surface area contributed by atoms with Crippen LogP contribution in [-0.4, -0.2) is 26.1 Å². The van der Waals surface area contributed by atoms with E-state index in [0.717, 1.165) is 16.9 Å². The van der Waals surface area contributed by atoms with E-state index in [1.54, 1.807) is 14.2 Å². The monoisotopic (exact) mass is 325 g/mol. The van der Waals surface area contributed by atoms with Crippen LogP contribution in [0.3, 0.4) is 0 Å². The highest BCUT2D eigenvalue weighted by Crippen LogP contribution is 2.35. The lowest BCUT2D eigenvalue weighted by Gasteiger charge is -2.24. The summed E-state index contributed by atoms with van der Waals surface area (Å²) in [6.07, 6.45) is 0.365. The number of hydrogen-bond donors (Lipinski definition) is 2. The molecule has 1 heterocycles. The molecule has 1 atom stereocenters. The van der Waals surface area contributed by atoms with Gasteiger partial charge in [-0.1, -0.05) is 24.3 Å². The van der Waals surface area contributed by atoms with E-state index >= 15 is 0 Å². The molecular weight excluding hydrogens is 306 g/mol. The molecule has 124 valence electrons. The van der Waals surface area contributed by atoms with Gasteiger partial charge in [0.1, 0.15) is 11.5 Å². The van der Waals surface area contributed by atoms with Gasteiger partial charge in [0.05, 0.1) is 14.2 Å². The molecule has 0 spiro atoms. The van der Waals surface area contributed by atoms with Crippen molar-refractivity contribution in [2.75, 3.05) is 14.2 Å². The number of nitrogens with zero attached hydrogens (tertiary/aromatic N) is 1. The third-order valence-corrected chi connectivity index (χ3v) is 4.07. The maximum Gasteiger partial charge on any atom is 0.259 e. The molecule has 0 aliphatic carbocycles. The Bertz CT molecular complexity index is 804. The van der Waals surface area contributed by atoms with E-state index in [9.17, 15) is 4.79 Å². The van der Waals surface area contributed by atoms with E-state index in [2.05, 4.69) is 10.3 Å². The minimum atomic E-state index is -1.12. The number of amides is 1.